The summed E-state index contributed by atoms with van der Waals surface area (Å²) in [7, 11) is -4.98. The van der Waals surface area contributed by atoms with Crippen LogP contribution in [0, 0.1) is 5.92 Å². The smallest absolute Gasteiger partial charge is 0.313 e. The zero-order chi connectivity index (χ0) is 19.8. The van der Waals surface area contributed by atoms with E-state index in [1.807, 2.05) is 0 Å². The minimum atomic E-state index is -3.33. The van der Waals surface area contributed by atoms with Crippen LogP contribution in [0.2, 0.25) is 0 Å². The molecule has 0 N–H and O–H groups in total. The van der Waals surface area contributed by atoms with Crippen molar-refractivity contribution in [3.63, 3.8) is 0 Å². The topological polar surface area (TPSA) is 94.6 Å². The monoisotopic (exact) mass is 478 g/mol. The zero-order valence-electron chi connectivity index (χ0n) is 15.1. The summed E-state index contributed by atoms with van der Waals surface area (Å²) >= 11 is 3.35. The number of ether oxygens (including phenoxy) is 1. The van der Waals surface area contributed by atoms with Crippen LogP contribution in [0.5, 0.6) is 0 Å². The van der Waals surface area contributed by atoms with Crippen LogP contribution in [0.25, 0.3) is 0 Å². The van der Waals surface area contributed by atoms with E-state index in [1.54, 1.807) is 18.2 Å². The lowest BCUT2D eigenvalue weighted by Crippen LogP contribution is -2.26. The molecule has 1 atom stereocenters. The first kappa shape index (κ1) is 20.8. The minimum Gasteiger partial charge on any atom is -0.469 e. The fraction of sp³-hybridized carbons (Fsp3) is 0.611. The summed E-state index contributed by atoms with van der Waals surface area (Å²) in [6.07, 6.45) is 2.93. The van der Waals surface area contributed by atoms with Crippen LogP contribution < -0.4 is 0 Å². The first-order valence-electron chi connectivity index (χ1n) is 8.95. The van der Waals surface area contributed by atoms with Gasteiger partial charge >= 0.3 is 5.97 Å². The number of carbonyl (C=O) groups is 1. The number of hydrogen-bond donors (Lipinski definition) is 0. The molecular formula is C18H23BrO6S2. The molecule has 0 radical (unpaired) electrons. The minimum absolute atomic E-state index is 0.117. The van der Waals surface area contributed by atoms with E-state index in [-0.39, 0.29) is 27.6 Å². The number of methoxy groups -OCH3 is 1. The largest absolute Gasteiger partial charge is 0.469 e. The first-order chi connectivity index (χ1) is 12.6. The summed E-state index contributed by atoms with van der Waals surface area (Å²) in [4.78, 5) is 12.6. The summed E-state index contributed by atoms with van der Waals surface area (Å²) in [6.45, 7) is 0. The molecule has 150 valence electrons. The van der Waals surface area contributed by atoms with E-state index in [9.17, 15) is 21.6 Å². The second-order valence-corrected chi connectivity index (χ2v) is 12.7. The second-order valence-electron chi connectivity index (χ2n) is 7.34. The van der Waals surface area contributed by atoms with Crippen molar-refractivity contribution in [2.75, 3.05) is 18.6 Å². The van der Waals surface area contributed by atoms with E-state index in [2.05, 4.69) is 15.9 Å². The van der Waals surface area contributed by atoms with E-state index >= 15 is 0 Å². The average Bonchev–Trinajstić information content (AvgIpc) is 3.45. The maximum Gasteiger partial charge on any atom is 0.313 e. The number of esters is 1. The molecule has 1 saturated heterocycles. The molecule has 2 aliphatic rings. The van der Waals surface area contributed by atoms with Crippen molar-refractivity contribution in [1.82, 2.24) is 0 Å². The van der Waals surface area contributed by atoms with Crippen molar-refractivity contribution in [2.24, 2.45) is 5.92 Å². The van der Waals surface area contributed by atoms with Crippen molar-refractivity contribution in [2.45, 2.75) is 48.2 Å². The molecule has 1 aromatic rings. The SMILES string of the molecule is COC(=O)C(CC1CCS(=O)(=O)CC1)c1ccc(S(=O)(=O)C2CC2)c(Br)c1. The van der Waals surface area contributed by atoms with Crippen molar-refractivity contribution in [3.05, 3.63) is 28.2 Å². The van der Waals surface area contributed by atoms with Crippen LogP contribution in [0.1, 0.15) is 43.6 Å². The fourth-order valence-electron chi connectivity index (χ4n) is 3.54. The Kier molecular flexibility index (Phi) is 6.03. The number of sulfone groups is 2. The van der Waals surface area contributed by atoms with Gasteiger partial charge in [0.05, 0.1) is 34.7 Å². The van der Waals surface area contributed by atoms with Crippen molar-refractivity contribution < 1.29 is 26.4 Å². The van der Waals surface area contributed by atoms with Crippen molar-refractivity contribution in [1.29, 1.82) is 0 Å². The Morgan fingerprint density at radius 2 is 1.85 bits per heavy atom. The van der Waals surface area contributed by atoms with Gasteiger partial charge in [0.25, 0.3) is 0 Å². The Morgan fingerprint density at radius 3 is 2.37 bits per heavy atom. The Morgan fingerprint density at radius 1 is 1.22 bits per heavy atom. The predicted molar refractivity (Wildman–Crippen MR) is 105 cm³/mol. The van der Waals surface area contributed by atoms with Gasteiger partial charge in [0, 0.05) is 4.47 Å². The first-order valence-corrected chi connectivity index (χ1v) is 13.1. The second kappa shape index (κ2) is 7.83. The molecule has 2 fully saturated rings. The molecule has 0 aromatic heterocycles. The summed E-state index contributed by atoms with van der Waals surface area (Å²) in [5, 5.41) is -0.305. The zero-order valence-corrected chi connectivity index (χ0v) is 18.3. The summed E-state index contributed by atoms with van der Waals surface area (Å²) in [5.41, 5.74) is 0.678. The lowest BCUT2D eigenvalue weighted by Gasteiger charge is -2.26. The molecule has 0 spiro atoms. The van der Waals surface area contributed by atoms with Gasteiger partial charge in [-0.25, -0.2) is 16.8 Å². The molecule has 1 heterocycles. The normalized spacial score (nSPS) is 21.6. The van der Waals surface area contributed by atoms with Crippen LogP contribution >= 0.6 is 15.9 Å². The number of benzene rings is 1. The highest BCUT2D eigenvalue weighted by molar-refractivity contribution is 9.10. The lowest BCUT2D eigenvalue weighted by molar-refractivity contribution is -0.142. The van der Waals surface area contributed by atoms with Gasteiger partial charge in [-0.2, -0.15) is 0 Å². The highest BCUT2D eigenvalue weighted by Gasteiger charge is 2.38. The highest BCUT2D eigenvalue weighted by Crippen LogP contribution is 2.39. The molecule has 0 bridgehead atoms. The Bertz CT molecular complexity index is 921. The standard InChI is InChI=1S/C18H23BrO6S2/c1-25-18(20)15(10-12-6-8-26(21,22)9-7-12)13-2-5-17(16(19)11-13)27(23,24)14-3-4-14/h2,5,11-12,14-15H,3-4,6-10H2,1H3. The molecule has 1 aromatic carbocycles. The number of halogens is 1. The molecular weight excluding hydrogens is 456 g/mol. The lowest BCUT2D eigenvalue weighted by atomic mass is 9.86. The van der Waals surface area contributed by atoms with Gasteiger partial charge in [-0.15, -0.1) is 0 Å². The van der Waals surface area contributed by atoms with Crippen LogP contribution in [-0.4, -0.2) is 46.7 Å². The van der Waals surface area contributed by atoms with Crippen molar-refractivity contribution >= 4 is 41.6 Å². The van der Waals surface area contributed by atoms with Gasteiger partial charge in [-0.05, 0) is 71.6 Å². The third-order valence-corrected chi connectivity index (χ3v) is 10.3. The van der Waals surface area contributed by atoms with Gasteiger partial charge in [0.15, 0.2) is 9.84 Å². The molecule has 3 rings (SSSR count). The third kappa shape index (κ3) is 4.74. The van der Waals surface area contributed by atoms with Crippen LogP contribution in [-0.2, 0) is 29.2 Å². The number of rotatable bonds is 6. The molecule has 27 heavy (non-hydrogen) atoms. The van der Waals surface area contributed by atoms with Crippen molar-refractivity contribution in [3.8, 4) is 0 Å². The summed E-state index contributed by atoms with van der Waals surface area (Å²) in [5.74, 6) is -0.532. The predicted octanol–water partition coefficient (Wildman–Crippen LogP) is 2.86. The van der Waals surface area contributed by atoms with Gasteiger partial charge < -0.3 is 4.74 Å². The molecule has 1 saturated carbocycles. The van der Waals surface area contributed by atoms with Gasteiger partial charge in [-0.1, -0.05) is 6.07 Å². The summed E-state index contributed by atoms with van der Waals surface area (Å²) < 4.78 is 53.6. The average molecular weight is 479 g/mol. The maximum atomic E-state index is 12.5. The molecule has 1 aliphatic carbocycles. The fourth-order valence-corrected chi connectivity index (χ4v) is 7.91. The quantitative estimate of drug-likeness (QED) is 0.583. The Labute approximate surface area is 168 Å². The Hall–Kier alpha value is -0.930. The van der Waals surface area contributed by atoms with Gasteiger partial charge in [0.1, 0.15) is 9.84 Å². The Balaban J connectivity index is 1.83. The van der Waals surface area contributed by atoms with E-state index in [0.29, 0.717) is 42.1 Å². The molecule has 1 aliphatic heterocycles. The summed E-state index contributed by atoms with van der Waals surface area (Å²) in [6, 6.07) is 4.89. The molecule has 0 amide bonds. The van der Waals surface area contributed by atoms with E-state index in [4.69, 9.17) is 4.74 Å². The highest BCUT2D eigenvalue weighted by atomic mass is 79.9. The van der Waals surface area contributed by atoms with Gasteiger partial charge in [0.2, 0.25) is 0 Å². The van der Waals surface area contributed by atoms with E-state index < -0.39 is 31.6 Å². The number of hydrogen-bond acceptors (Lipinski definition) is 6. The van der Waals surface area contributed by atoms with E-state index in [0.717, 1.165) is 0 Å². The maximum absolute atomic E-state index is 12.5. The molecule has 1 unspecified atom stereocenters. The molecule has 9 heteroatoms. The third-order valence-electron chi connectivity index (χ3n) is 5.36. The van der Waals surface area contributed by atoms with E-state index in [1.165, 1.54) is 7.11 Å². The van der Waals surface area contributed by atoms with Gasteiger partial charge in [-0.3, -0.25) is 4.79 Å². The van der Waals surface area contributed by atoms with Crippen LogP contribution in [0.4, 0.5) is 0 Å². The van der Waals surface area contributed by atoms with Crippen LogP contribution in [0.3, 0.4) is 0 Å². The number of carbonyl (C=O) groups excluding carboxylic acids is 1. The molecule has 6 nitrogen and oxygen atoms in total. The van der Waals surface area contributed by atoms with Crippen LogP contribution in [0.15, 0.2) is 27.6 Å².